The molecule has 1 aliphatic heterocycles. The first-order valence-electron chi connectivity index (χ1n) is 4.82. The maximum Gasteiger partial charge on any atom is 0.220 e. The monoisotopic (exact) mass is 184 g/mol. The lowest BCUT2D eigenvalue weighted by molar-refractivity contribution is -0.122. The van der Waals surface area contributed by atoms with Gasteiger partial charge in [-0.05, 0) is 19.3 Å². The molecule has 1 rings (SSSR count). The van der Waals surface area contributed by atoms with E-state index in [9.17, 15) is 9.59 Å². The molecule has 13 heavy (non-hydrogen) atoms. The van der Waals surface area contributed by atoms with E-state index in [4.69, 9.17) is 0 Å². The topological polar surface area (TPSA) is 58.2 Å². The van der Waals surface area contributed by atoms with E-state index in [2.05, 4.69) is 10.6 Å². The van der Waals surface area contributed by atoms with Crippen LogP contribution < -0.4 is 10.6 Å². The Morgan fingerprint density at radius 1 is 0.769 bits per heavy atom. The quantitative estimate of drug-likeness (QED) is 0.564. The molecule has 4 heteroatoms. The summed E-state index contributed by atoms with van der Waals surface area (Å²) in [6, 6.07) is 0. The predicted octanol–water partition coefficient (Wildman–Crippen LogP) is 0.183. The Labute approximate surface area is 78.1 Å². The van der Waals surface area contributed by atoms with Crippen molar-refractivity contribution in [2.24, 2.45) is 0 Å². The predicted molar refractivity (Wildman–Crippen MR) is 49.1 cm³/mol. The van der Waals surface area contributed by atoms with Crippen LogP contribution in [0.5, 0.6) is 0 Å². The lowest BCUT2D eigenvalue weighted by Gasteiger charge is -2.02. The maximum absolute atomic E-state index is 11.1. The van der Waals surface area contributed by atoms with E-state index in [0.29, 0.717) is 19.3 Å². The molecule has 1 saturated heterocycles. The highest BCUT2D eigenvalue weighted by Crippen LogP contribution is 1.97. The smallest absolute Gasteiger partial charge is 0.220 e. The van der Waals surface area contributed by atoms with Gasteiger partial charge in [-0.2, -0.15) is 0 Å². The van der Waals surface area contributed by atoms with Crippen LogP contribution in [0.25, 0.3) is 0 Å². The minimum atomic E-state index is 0.0645. The molecule has 0 aromatic rings. The van der Waals surface area contributed by atoms with Crippen molar-refractivity contribution in [3.8, 4) is 0 Å². The van der Waals surface area contributed by atoms with Crippen LogP contribution in [0, 0.1) is 0 Å². The molecule has 0 spiro atoms. The van der Waals surface area contributed by atoms with E-state index in [1.165, 1.54) is 0 Å². The van der Waals surface area contributed by atoms with Gasteiger partial charge in [-0.3, -0.25) is 9.59 Å². The SMILES string of the molecule is O=C1CCCC(=O)NCCCCN1. The summed E-state index contributed by atoms with van der Waals surface area (Å²) in [5.74, 6) is 0.129. The van der Waals surface area contributed by atoms with E-state index >= 15 is 0 Å². The fourth-order valence-electron chi connectivity index (χ4n) is 1.29. The second kappa shape index (κ2) is 5.56. The lowest BCUT2D eigenvalue weighted by Crippen LogP contribution is -2.24. The third-order valence-electron chi connectivity index (χ3n) is 2.06. The van der Waals surface area contributed by atoms with Crippen molar-refractivity contribution in [3.63, 3.8) is 0 Å². The summed E-state index contributed by atoms with van der Waals surface area (Å²) in [6.07, 6.45) is 3.45. The first-order chi connectivity index (χ1) is 6.29. The highest BCUT2D eigenvalue weighted by molar-refractivity contribution is 5.78. The largest absolute Gasteiger partial charge is 0.356 e. The Hall–Kier alpha value is -1.06. The van der Waals surface area contributed by atoms with Crippen molar-refractivity contribution in [2.75, 3.05) is 13.1 Å². The average molecular weight is 184 g/mol. The number of hydrogen-bond acceptors (Lipinski definition) is 2. The van der Waals surface area contributed by atoms with Crippen molar-refractivity contribution in [3.05, 3.63) is 0 Å². The molecule has 0 aromatic heterocycles. The van der Waals surface area contributed by atoms with Crippen LogP contribution >= 0.6 is 0 Å². The van der Waals surface area contributed by atoms with Gasteiger partial charge in [0.1, 0.15) is 0 Å². The Morgan fingerprint density at radius 2 is 1.23 bits per heavy atom. The van der Waals surface area contributed by atoms with E-state index in [-0.39, 0.29) is 11.8 Å². The summed E-state index contributed by atoms with van der Waals surface area (Å²) in [7, 11) is 0. The fourth-order valence-corrected chi connectivity index (χ4v) is 1.29. The standard InChI is InChI=1S/C9H16N2O2/c12-8-4-3-5-9(13)11-7-2-1-6-10-8/h1-7H2,(H,10,12)(H,11,13). The van der Waals surface area contributed by atoms with Crippen molar-refractivity contribution in [2.45, 2.75) is 32.1 Å². The minimum absolute atomic E-state index is 0.0645. The Bertz CT molecular complexity index is 172. The van der Waals surface area contributed by atoms with Gasteiger partial charge in [-0.1, -0.05) is 0 Å². The van der Waals surface area contributed by atoms with Crippen LogP contribution in [-0.2, 0) is 9.59 Å². The van der Waals surface area contributed by atoms with Crippen molar-refractivity contribution in [1.29, 1.82) is 0 Å². The molecule has 0 aliphatic carbocycles. The lowest BCUT2D eigenvalue weighted by atomic mass is 10.2. The van der Waals surface area contributed by atoms with E-state index in [1.807, 2.05) is 0 Å². The zero-order valence-corrected chi connectivity index (χ0v) is 7.77. The van der Waals surface area contributed by atoms with Crippen LogP contribution in [0.2, 0.25) is 0 Å². The van der Waals surface area contributed by atoms with Crippen molar-refractivity contribution < 1.29 is 9.59 Å². The van der Waals surface area contributed by atoms with E-state index < -0.39 is 0 Å². The van der Waals surface area contributed by atoms with Gasteiger partial charge >= 0.3 is 0 Å². The summed E-state index contributed by atoms with van der Waals surface area (Å²) in [5, 5.41) is 5.63. The zero-order chi connectivity index (χ0) is 9.52. The summed E-state index contributed by atoms with van der Waals surface area (Å²) < 4.78 is 0. The maximum atomic E-state index is 11.1. The van der Waals surface area contributed by atoms with Crippen molar-refractivity contribution in [1.82, 2.24) is 10.6 Å². The van der Waals surface area contributed by atoms with Gasteiger partial charge in [0.05, 0.1) is 0 Å². The molecule has 1 fully saturated rings. The second-order valence-electron chi connectivity index (χ2n) is 3.26. The molecule has 74 valence electrons. The van der Waals surface area contributed by atoms with Gasteiger partial charge < -0.3 is 10.6 Å². The van der Waals surface area contributed by atoms with Crippen LogP contribution in [0.4, 0.5) is 0 Å². The van der Waals surface area contributed by atoms with Crippen LogP contribution in [0.3, 0.4) is 0 Å². The Morgan fingerprint density at radius 3 is 1.69 bits per heavy atom. The summed E-state index contributed by atoms with van der Waals surface area (Å²) in [4.78, 5) is 22.2. The zero-order valence-electron chi connectivity index (χ0n) is 7.77. The molecule has 1 heterocycles. The number of rotatable bonds is 0. The molecular formula is C9H16N2O2. The molecule has 0 saturated carbocycles. The molecule has 0 bridgehead atoms. The van der Waals surface area contributed by atoms with Gasteiger partial charge in [0.25, 0.3) is 0 Å². The van der Waals surface area contributed by atoms with E-state index in [1.54, 1.807) is 0 Å². The number of nitrogens with one attached hydrogen (secondary N) is 2. The highest BCUT2D eigenvalue weighted by Gasteiger charge is 2.06. The average Bonchev–Trinajstić information content (AvgIpc) is 2.13. The van der Waals surface area contributed by atoms with Crippen LogP contribution in [0.1, 0.15) is 32.1 Å². The number of carbonyl (C=O) groups excluding carboxylic acids is 2. The highest BCUT2D eigenvalue weighted by atomic mass is 16.2. The first-order valence-corrected chi connectivity index (χ1v) is 4.82. The number of amides is 2. The minimum Gasteiger partial charge on any atom is -0.356 e. The molecule has 2 N–H and O–H groups in total. The normalized spacial score (nSPS) is 21.2. The molecule has 1 aliphatic rings. The van der Waals surface area contributed by atoms with Crippen LogP contribution in [-0.4, -0.2) is 24.9 Å². The number of carbonyl (C=O) groups is 2. The van der Waals surface area contributed by atoms with Gasteiger partial charge in [0.15, 0.2) is 0 Å². The molecule has 2 amide bonds. The molecule has 4 nitrogen and oxygen atoms in total. The second-order valence-corrected chi connectivity index (χ2v) is 3.26. The van der Waals surface area contributed by atoms with Gasteiger partial charge in [-0.25, -0.2) is 0 Å². The van der Waals surface area contributed by atoms with Gasteiger partial charge in [0.2, 0.25) is 11.8 Å². The third-order valence-corrected chi connectivity index (χ3v) is 2.06. The molecule has 0 atom stereocenters. The third kappa shape index (κ3) is 4.50. The fraction of sp³-hybridized carbons (Fsp3) is 0.778. The van der Waals surface area contributed by atoms with Crippen molar-refractivity contribution >= 4 is 11.8 Å². The van der Waals surface area contributed by atoms with Gasteiger partial charge in [-0.15, -0.1) is 0 Å². The molecule has 0 unspecified atom stereocenters. The molecule has 0 aromatic carbocycles. The number of hydrogen-bond donors (Lipinski definition) is 2. The summed E-state index contributed by atoms with van der Waals surface area (Å²) >= 11 is 0. The molecular weight excluding hydrogens is 168 g/mol. The summed E-state index contributed by atoms with van der Waals surface area (Å²) in [5.41, 5.74) is 0. The Kier molecular flexibility index (Phi) is 4.29. The van der Waals surface area contributed by atoms with E-state index in [0.717, 1.165) is 25.9 Å². The molecule has 0 radical (unpaired) electrons. The van der Waals surface area contributed by atoms with Crippen LogP contribution in [0.15, 0.2) is 0 Å². The first kappa shape index (κ1) is 10.0. The van der Waals surface area contributed by atoms with Gasteiger partial charge in [0, 0.05) is 25.9 Å². The summed E-state index contributed by atoms with van der Waals surface area (Å²) in [6.45, 7) is 1.46. The Balaban J connectivity index is 2.31.